The van der Waals surface area contributed by atoms with Gasteiger partial charge in [0.25, 0.3) is 0 Å². The zero-order valence-corrected chi connectivity index (χ0v) is 15.5. The standard InChI is InChI=1S/C19H12ClF3N2O5/c20-17-12-7-10(30-9-3-1-8(2-4-9)19(21,22)23)5-6-11(12)15(26)14(25-17)16(27)13(24)18(28)29/h1-7,13,26H,24H2,(H,28,29). The van der Waals surface area contributed by atoms with Gasteiger partial charge in [-0.25, -0.2) is 4.98 Å². The number of aliphatic carboxylic acids is 1. The Hall–Kier alpha value is -3.37. The molecule has 156 valence electrons. The van der Waals surface area contributed by atoms with Crippen molar-refractivity contribution in [3.63, 3.8) is 0 Å². The van der Waals surface area contributed by atoms with E-state index in [9.17, 15) is 27.9 Å². The molecule has 0 spiro atoms. The van der Waals surface area contributed by atoms with Crippen molar-refractivity contribution in [1.82, 2.24) is 4.98 Å². The van der Waals surface area contributed by atoms with E-state index in [1.807, 2.05) is 0 Å². The van der Waals surface area contributed by atoms with E-state index in [0.29, 0.717) is 0 Å². The molecule has 4 N–H and O–H groups in total. The molecule has 1 atom stereocenters. The van der Waals surface area contributed by atoms with Crippen LogP contribution in [0.5, 0.6) is 17.2 Å². The summed E-state index contributed by atoms with van der Waals surface area (Å²) in [5, 5.41) is 19.2. The molecule has 0 aliphatic carbocycles. The number of nitrogens with two attached hydrogens (primary N) is 1. The fourth-order valence-corrected chi connectivity index (χ4v) is 2.82. The second-order valence-corrected chi connectivity index (χ2v) is 6.47. The summed E-state index contributed by atoms with van der Waals surface area (Å²) in [6.45, 7) is 0. The molecule has 0 radical (unpaired) electrons. The quantitative estimate of drug-likeness (QED) is 0.311. The zero-order valence-electron chi connectivity index (χ0n) is 14.8. The van der Waals surface area contributed by atoms with Crippen LogP contribution in [0.4, 0.5) is 13.2 Å². The van der Waals surface area contributed by atoms with Gasteiger partial charge in [0.15, 0.2) is 17.5 Å². The summed E-state index contributed by atoms with van der Waals surface area (Å²) in [5.74, 6) is -3.05. The van der Waals surface area contributed by atoms with Gasteiger partial charge in [-0.2, -0.15) is 13.2 Å². The van der Waals surface area contributed by atoms with E-state index in [1.165, 1.54) is 18.2 Å². The van der Waals surface area contributed by atoms with Crippen LogP contribution in [0.15, 0.2) is 42.5 Å². The Balaban J connectivity index is 1.95. The zero-order chi connectivity index (χ0) is 22.2. The maximum atomic E-state index is 12.6. The van der Waals surface area contributed by atoms with E-state index in [1.54, 1.807) is 0 Å². The van der Waals surface area contributed by atoms with Gasteiger partial charge in [0.1, 0.15) is 16.7 Å². The first-order chi connectivity index (χ1) is 14.0. The lowest BCUT2D eigenvalue weighted by atomic mass is 10.0. The summed E-state index contributed by atoms with van der Waals surface area (Å²) < 4.78 is 43.4. The molecule has 3 rings (SSSR count). The summed E-state index contributed by atoms with van der Waals surface area (Å²) in [4.78, 5) is 26.8. The molecule has 30 heavy (non-hydrogen) atoms. The lowest BCUT2D eigenvalue weighted by Gasteiger charge is -2.12. The Labute approximate surface area is 171 Å². The Morgan fingerprint density at radius 3 is 2.23 bits per heavy atom. The van der Waals surface area contributed by atoms with Gasteiger partial charge in [-0.05, 0) is 42.5 Å². The molecule has 0 bridgehead atoms. The van der Waals surface area contributed by atoms with Crippen molar-refractivity contribution < 1.29 is 37.7 Å². The van der Waals surface area contributed by atoms with Crippen molar-refractivity contribution in [3.05, 3.63) is 58.9 Å². The van der Waals surface area contributed by atoms with E-state index in [-0.39, 0.29) is 27.4 Å². The Morgan fingerprint density at radius 1 is 1.07 bits per heavy atom. The first-order valence-corrected chi connectivity index (χ1v) is 8.56. The molecular weight excluding hydrogens is 429 g/mol. The number of ketones is 1. The average molecular weight is 441 g/mol. The third-order valence-corrected chi connectivity index (χ3v) is 4.39. The maximum Gasteiger partial charge on any atom is 0.416 e. The van der Waals surface area contributed by atoms with Gasteiger partial charge in [0.2, 0.25) is 5.78 Å². The van der Waals surface area contributed by atoms with Crippen LogP contribution in [0.25, 0.3) is 10.8 Å². The molecule has 1 unspecified atom stereocenters. The molecule has 0 amide bonds. The lowest BCUT2D eigenvalue weighted by Crippen LogP contribution is -2.38. The first kappa shape index (κ1) is 21.3. The van der Waals surface area contributed by atoms with Crippen molar-refractivity contribution >= 4 is 34.1 Å². The average Bonchev–Trinajstić information content (AvgIpc) is 2.69. The monoisotopic (exact) mass is 440 g/mol. The molecule has 7 nitrogen and oxygen atoms in total. The number of benzene rings is 2. The van der Waals surface area contributed by atoms with Gasteiger partial charge < -0.3 is 20.7 Å². The van der Waals surface area contributed by atoms with Gasteiger partial charge >= 0.3 is 12.1 Å². The van der Waals surface area contributed by atoms with Gasteiger partial charge in [0.05, 0.1) is 5.56 Å². The van der Waals surface area contributed by atoms with Crippen LogP contribution in [-0.2, 0) is 11.0 Å². The highest BCUT2D eigenvalue weighted by Crippen LogP contribution is 2.36. The molecule has 0 saturated carbocycles. The molecular formula is C19H12ClF3N2O5. The van der Waals surface area contributed by atoms with Gasteiger partial charge in [0, 0.05) is 10.8 Å². The second kappa shape index (κ2) is 7.81. The number of carboxylic acids is 1. The minimum atomic E-state index is -4.48. The molecule has 0 aliphatic rings. The van der Waals surface area contributed by atoms with Crippen LogP contribution in [0.3, 0.4) is 0 Å². The largest absolute Gasteiger partial charge is 0.505 e. The van der Waals surface area contributed by atoms with Crippen LogP contribution < -0.4 is 10.5 Å². The third kappa shape index (κ3) is 4.14. The Morgan fingerprint density at radius 2 is 1.67 bits per heavy atom. The molecule has 0 aliphatic heterocycles. The number of fused-ring (bicyclic) bond motifs is 1. The number of hydrogen-bond donors (Lipinski definition) is 3. The number of rotatable bonds is 5. The predicted octanol–water partition coefficient (Wildman–Crippen LogP) is 4.00. The van der Waals surface area contributed by atoms with Crippen molar-refractivity contribution in [2.24, 2.45) is 5.73 Å². The smallest absolute Gasteiger partial charge is 0.416 e. The van der Waals surface area contributed by atoms with Crippen molar-refractivity contribution in [1.29, 1.82) is 0 Å². The molecule has 1 aromatic heterocycles. The van der Waals surface area contributed by atoms with Crippen LogP contribution in [0.1, 0.15) is 16.1 Å². The summed E-state index contributed by atoms with van der Waals surface area (Å²) >= 11 is 6.07. The molecule has 0 saturated heterocycles. The number of carbonyl (C=O) groups excluding carboxylic acids is 1. The summed E-state index contributed by atoms with van der Waals surface area (Å²) in [6.07, 6.45) is -4.48. The van der Waals surface area contributed by atoms with Gasteiger partial charge in [-0.3, -0.25) is 9.59 Å². The molecule has 0 fully saturated rings. The predicted molar refractivity (Wildman–Crippen MR) is 99.9 cm³/mol. The number of ether oxygens (including phenoxy) is 1. The number of alkyl halides is 3. The van der Waals surface area contributed by atoms with E-state index in [4.69, 9.17) is 27.2 Å². The van der Waals surface area contributed by atoms with Crippen LogP contribution in [0, 0.1) is 0 Å². The molecule has 11 heteroatoms. The normalized spacial score (nSPS) is 12.6. The number of aromatic nitrogens is 1. The third-order valence-electron chi connectivity index (χ3n) is 4.10. The summed E-state index contributed by atoms with van der Waals surface area (Å²) in [5.41, 5.74) is 3.84. The highest BCUT2D eigenvalue weighted by atomic mass is 35.5. The van der Waals surface area contributed by atoms with E-state index >= 15 is 0 Å². The fraction of sp³-hybridized carbons (Fsp3) is 0.105. The Bertz CT molecular complexity index is 1150. The van der Waals surface area contributed by atoms with Gasteiger partial charge in [-0.1, -0.05) is 11.6 Å². The van der Waals surface area contributed by atoms with Crippen LogP contribution in [0.2, 0.25) is 5.15 Å². The second-order valence-electron chi connectivity index (χ2n) is 6.11. The number of hydrogen-bond acceptors (Lipinski definition) is 6. The number of halogens is 4. The maximum absolute atomic E-state index is 12.6. The SMILES string of the molecule is NC(C(=O)O)C(=O)c1nc(Cl)c2cc(Oc3ccc(C(F)(F)F)cc3)ccc2c1O. The van der Waals surface area contributed by atoms with E-state index < -0.39 is 41.0 Å². The molecule has 2 aromatic carbocycles. The number of carbonyl (C=O) groups is 2. The Kier molecular flexibility index (Phi) is 5.55. The van der Waals surface area contributed by atoms with Crippen LogP contribution >= 0.6 is 11.6 Å². The molecule has 1 heterocycles. The minimum Gasteiger partial charge on any atom is -0.505 e. The van der Waals surface area contributed by atoms with Crippen molar-refractivity contribution in [3.8, 4) is 17.2 Å². The number of pyridine rings is 1. The topological polar surface area (TPSA) is 123 Å². The highest BCUT2D eigenvalue weighted by molar-refractivity contribution is 6.35. The van der Waals surface area contributed by atoms with Crippen molar-refractivity contribution in [2.45, 2.75) is 12.2 Å². The fourth-order valence-electron chi connectivity index (χ4n) is 2.58. The summed E-state index contributed by atoms with van der Waals surface area (Å²) in [7, 11) is 0. The van der Waals surface area contributed by atoms with E-state index in [2.05, 4.69) is 4.98 Å². The van der Waals surface area contributed by atoms with Gasteiger partial charge in [-0.15, -0.1) is 0 Å². The highest BCUT2D eigenvalue weighted by Gasteiger charge is 2.30. The minimum absolute atomic E-state index is 0.0794. The van der Waals surface area contributed by atoms with Crippen molar-refractivity contribution in [2.75, 3.05) is 0 Å². The number of Topliss-reactive ketones (excluding diaryl/α,β-unsaturated/α-hetero) is 1. The van der Waals surface area contributed by atoms with E-state index in [0.717, 1.165) is 24.3 Å². The number of carboxylic acid groups (broad SMARTS) is 1. The molecule has 3 aromatic rings. The van der Waals surface area contributed by atoms with Crippen LogP contribution in [-0.4, -0.2) is 33.0 Å². The summed E-state index contributed by atoms with van der Waals surface area (Å²) in [6, 6.07) is 6.13. The lowest BCUT2D eigenvalue weighted by molar-refractivity contribution is -0.138. The number of nitrogens with zero attached hydrogens (tertiary/aromatic N) is 1. The first-order valence-electron chi connectivity index (χ1n) is 8.19. The number of aromatic hydroxyl groups is 1.